The zero-order valence-corrected chi connectivity index (χ0v) is 9.90. The lowest BCUT2D eigenvalue weighted by Crippen LogP contribution is -2.13. The van der Waals surface area contributed by atoms with Gasteiger partial charge in [-0.05, 0) is 18.2 Å². The van der Waals surface area contributed by atoms with Gasteiger partial charge in [0.2, 0.25) is 0 Å². The van der Waals surface area contributed by atoms with Crippen LogP contribution in [0.5, 0.6) is 0 Å². The third-order valence-corrected chi connectivity index (χ3v) is 2.43. The molecule has 1 aromatic heterocycles. The Morgan fingerprint density at radius 1 is 1.53 bits per heavy atom. The Bertz CT molecular complexity index is 564. The predicted molar refractivity (Wildman–Crippen MR) is 67.0 cm³/mol. The van der Waals surface area contributed by atoms with Gasteiger partial charge in [0.1, 0.15) is 5.69 Å². The molecule has 1 aromatic carbocycles. The molecule has 0 atom stereocenters. The number of nitrogen functional groups attached to an aromatic ring is 1. The fourth-order valence-electron chi connectivity index (χ4n) is 1.36. The number of aromatic nitrogens is 2. The van der Waals surface area contributed by atoms with E-state index in [9.17, 15) is 4.79 Å². The van der Waals surface area contributed by atoms with Crippen molar-refractivity contribution in [2.45, 2.75) is 0 Å². The number of benzene rings is 1. The zero-order chi connectivity index (χ0) is 12.4. The van der Waals surface area contributed by atoms with Crippen LogP contribution >= 0.6 is 11.6 Å². The standard InChI is InChI=1S/C11H11ClN4O/c1-16-5-10(14-6-16)11(17)15-9-3-2-7(12)4-8(9)13/h2-6H,13H2,1H3,(H,15,17). The number of nitrogens with zero attached hydrogens (tertiary/aromatic N) is 2. The van der Waals surface area contributed by atoms with Crippen molar-refractivity contribution in [3.05, 3.63) is 41.4 Å². The normalized spacial score (nSPS) is 10.2. The number of carbonyl (C=O) groups excluding carboxylic acids is 1. The first-order valence-electron chi connectivity index (χ1n) is 4.90. The van der Waals surface area contributed by atoms with Crippen LogP contribution in [0.4, 0.5) is 11.4 Å². The molecule has 0 aliphatic carbocycles. The molecular weight excluding hydrogens is 240 g/mol. The highest BCUT2D eigenvalue weighted by molar-refractivity contribution is 6.31. The number of nitrogens with two attached hydrogens (primary N) is 1. The molecule has 0 bridgehead atoms. The number of imidazole rings is 1. The lowest BCUT2D eigenvalue weighted by atomic mass is 10.2. The van der Waals surface area contributed by atoms with Crippen LogP contribution in [0.15, 0.2) is 30.7 Å². The van der Waals surface area contributed by atoms with E-state index in [1.807, 2.05) is 0 Å². The van der Waals surface area contributed by atoms with Gasteiger partial charge < -0.3 is 15.6 Å². The van der Waals surface area contributed by atoms with Crippen molar-refractivity contribution in [3.8, 4) is 0 Å². The highest BCUT2D eigenvalue weighted by Crippen LogP contribution is 2.22. The second-order valence-electron chi connectivity index (χ2n) is 3.61. The van der Waals surface area contributed by atoms with Crippen molar-refractivity contribution < 1.29 is 4.79 Å². The Kier molecular flexibility index (Phi) is 3.01. The van der Waals surface area contributed by atoms with Gasteiger partial charge in [-0.15, -0.1) is 0 Å². The smallest absolute Gasteiger partial charge is 0.275 e. The van der Waals surface area contributed by atoms with Crippen LogP contribution in [0.3, 0.4) is 0 Å². The molecule has 0 fully saturated rings. The Balaban J connectivity index is 2.18. The number of aryl methyl sites for hydroxylation is 1. The van der Waals surface area contributed by atoms with E-state index in [1.54, 1.807) is 42.3 Å². The maximum absolute atomic E-state index is 11.8. The van der Waals surface area contributed by atoms with Gasteiger partial charge in [-0.25, -0.2) is 4.98 Å². The fourth-order valence-corrected chi connectivity index (χ4v) is 1.54. The topological polar surface area (TPSA) is 72.9 Å². The number of amides is 1. The Morgan fingerprint density at radius 3 is 2.88 bits per heavy atom. The second kappa shape index (κ2) is 4.47. The minimum absolute atomic E-state index is 0.306. The summed E-state index contributed by atoms with van der Waals surface area (Å²) >= 11 is 5.77. The van der Waals surface area contributed by atoms with Crippen LogP contribution in [0.1, 0.15) is 10.5 Å². The maximum atomic E-state index is 11.8. The molecule has 17 heavy (non-hydrogen) atoms. The average Bonchev–Trinajstić information content (AvgIpc) is 2.69. The van der Waals surface area contributed by atoms with Crippen molar-refractivity contribution in [1.82, 2.24) is 9.55 Å². The summed E-state index contributed by atoms with van der Waals surface area (Å²) in [4.78, 5) is 15.7. The molecule has 3 N–H and O–H groups in total. The largest absolute Gasteiger partial charge is 0.397 e. The molecule has 0 aliphatic rings. The summed E-state index contributed by atoms with van der Waals surface area (Å²) in [6, 6.07) is 4.89. The first-order chi connectivity index (χ1) is 8.06. The molecule has 5 nitrogen and oxygen atoms in total. The molecule has 2 aromatic rings. The number of nitrogens with one attached hydrogen (secondary N) is 1. The van der Waals surface area contributed by atoms with Crippen molar-refractivity contribution in [2.75, 3.05) is 11.1 Å². The average molecular weight is 251 g/mol. The minimum Gasteiger partial charge on any atom is -0.397 e. The van der Waals surface area contributed by atoms with Crippen molar-refractivity contribution >= 4 is 28.9 Å². The highest BCUT2D eigenvalue weighted by atomic mass is 35.5. The number of rotatable bonds is 2. The highest BCUT2D eigenvalue weighted by Gasteiger charge is 2.10. The summed E-state index contributed by atoms with van der Waals surface area (Å²) in [5, 5.41) is 3.19. The molecule has 0 spiro atoms. The second-order valence-corrected chi connectivity index (χ2v) is 4.05. The van der Waals surface area contributed by atoms with Crippen LogP contribution in [-0.2, 0) is 7.05 Å². The first-order valence-corrected chi connectivity index (χ1v) is 5.28. The van der Waals surface area contributed by atoms with E-state index >= 15 is 0 Å². The van der Waals surface area contributed by atoms with Gasteiger partial charge in [0.25, 0.3) is 5.91 Å². The van der Waals surface area contributed by atoms with Gasteiger partial charge in [-0.1, -0.05) is 11.6 Å². The van der Waals surface area contributed by atoms with E-state index in [-0.39, 0.29) is 5.91 Å². The van der Waals surface area contributed by atoms with Gasteiger partial charge in [0.05, 0.1) is 17.7 Å². The molecule has 0 radical (unpaired) electrons. The number of halogens is 1. The summed E-state index contributed by atoms with van der Waals surface area (Å²) in [5.41, 5.74) is 7.00. The van der Waals surface area contributed by atoms with Gasteiger partial charge >= 0.3 is 0 Å². The van der Waals surface area contributed by atoms with Crippen LogP contribution in [0.25, 0.3) is 0 Å². The molecule has 6 heteroatoms. The number of anilines is 2. The van der Waals surface area contributed by atoms with E-state index in [2.05, 4.69) is 10.3 Å². The van der Waals surface area contributed by atoms with Crippen molar-refractivity contribution in [1.29, 1.82) is 0 Å². The Hall–Kier alpha value is -2.01. The van der Waals surface area contributed by atoms with Gasteiger partial charge in [0, 0.05) is 18.3 Å². The van der Waals surface area contributed by atoms with Crippen LogP contribution < -0.4 is 11.1 Å². The number of hydrogen-bond donors (Lipinski definition) is 2. The molecule has 2 rings (SSSR count). The molecule has 0 saturated carbocycles. The lowest BCUT2D eigenvalue weighted by Gasteiger charge is -2.06. The summed E-state index contributed by atoms with van der Waals surface area (Å²) in [7, 11) is 1.79. The molecule has 1 heterocycles. The fraction of sp³-hybridized carbons (Fsp3) is 0.0909. The first kappa shape index (κ1) is 11.5. The SMILES string of the molecule is Cn1cnc(C(=O)Nc2ccc(Cl)cc2N)c1. The molecular formula is C11H11ClN4O. The summed E-state index contributed by atoms with van der Waals surface area (Å²) in [6.07, 6.45) is 3.18. The lowest BCUT2D eigenvalue weighted by molar-refractivity contribution is 0.102. The quantitative estimate of drug-likeness (QED) is 0.800. The molecule has 1 amide bonds. The van der Waals surface area contributed by atoms with Gasteiger partial charge in [-0.3, -0.25) is 4.79 Å². The molecule has 88 valence electrons. The summed E-state index contributed by atoms with van der Waals surface area (Å²) in [6.45, 7) is 0. The van der Waals surface area contributed by atoms with E-state index in [0.29, 0.717) is 22.1 Å². The van der Waals surface area contributed by atoms with E-state index in [4.69, 9.17) is 17.3 Å². The summed E-state index contributed by atoms with van der Waals surface area (Å²) < 4.78 is 1.69. The number of carbonyl (C=O) groups is 1. The molecule has 0 saturated heterocycles. The minimum atomic E-state index is -0.306. The summed E-state index contributed by atoms with van der Waals surface area (Å²) in [5.74, 6) is -0.306. The Morgan fingerprint density at radius 2 is 2.29 bits per heavy atom. The van der Waals surface area contributed by atoms with Gasteiger partial charge in [-0.2, -0.15) is 0 Å². The third-order valence-electron chi connectivity index (χ3n) is 2.20. The van der Waals surface area contributed by atoms with Crippen LogP contribution in [0, 0.1) is 0 Å². The van der Waals surface area contributed by atoms with E-state index in [1.165, 1.54) is 0 Å². The molecule has 0 aliphatic heterocycles. The van der Waals surface area contributed by atoms with Crippen LogP contribution in [0.2, 0.25) is 5.02 Å². The maximum Gasteiger partial charge on any atom is 0.275 e. The Labute approximate surface area is 103 Å². The van der Waals surface area contributed by atoms with Crippen LogP contribution in [-0.4, -0.2) is 15.5 Å². The predicted octanol–water partition coefficient (Wildman–Crippen LogP) is 1.91. The monoisotopic (exact) mass is 250 g/mol. The zero-order valence-electron chi connectivity index (χ0n) is 9.14. The van der Waals surface area contributed by atoms with E-state index in [0.717, 1.165) is 0 Å². The van der Waals surface area contributed by atoms with E-state index < -0.39 is 0 Å². The third kappa shape index (κ3) is 2.57. The van der Waals surface area contributed by atoms with Crippen molar-refractivity contribution in [3.63, 3.8) is 0 Å². The molecule has 0 unspecified atom stereocenters. The number of hydrogen-bond acceptors (Lipinski definition) is 3. The van der Waals surface area contributed by atoms with Gasteiger partial charge in [0.15, 0.2) is 0 Å². The van der Waals surface area contributed by atoms with Crippen molar-refractivity contribution in [2.24, 2.45) is 7.05 Å².